The molecule has 6 rings (SSSR count). The van der Waals surface area contributed by atoms with Gasteiger partial charge in [-0.05, 0) is 78.6 Å². The second-order valence-corrected chi connectivity index (χ2v) is 10.7. The molecule has 3 amide bonds. The van der Waals surface area contributed by atoms with Gasteiger partial charge >= 0.3 is 6.18 Å². The summed E-state index contributed by atoms with van der Waals surface area (Å²) in [4.78, 5) is 47.9. The van der Waals surface area contributed by atoms with Crippen molar-refractivity contribution in [3.05, 3.63) is 114 Å². The maximum absolute atomic E-state index is 14.6. The lowest BCUT2D eigenvalue weighted by molar-refractivity contribution is -0.138. The zero-order chi connectivity index (χ0) is 31.6. The highest BCUT2D eigenvalue weighted by Gasteiger charge is 2.57. The van der Waals surface area contributed by atoms with E-state index in [0.29, 0.717) is 34.5 Å². The molecule has 0 radical (unpaired) electrons. The lowest BCUT2D eigenvalue weighted by Gasteiger charge is -2.32. The van der Waals surface area contributed by atoms with Crippen molar-refractivity contribution in [1.29, 1.82) is 0 Å². The lowest BCUT2D eigenvalue weighted by Crippen LogP contribution is -2.52. The molecule has 1 unspecified atom stereocenters. The molecule has 2 aliphatic rings. The van der Waals surface area contributed by atoms with E-state index in [1.165, 1.54) is 41.7 Å². The van der Waals surface area contributed by atoms with E-state index in [0.717, 1.165) is 12.1 Å². The van der Waals surface area contributed by atoms with Crippen LogP contribution in [-0.2, 0) is 27.6 Å². The number of fused-ring (bicyclic) bond motifs is 3. The maximum atomic E-state index is 14.6. The Morgan fingerprint density at radius 3 is 2.25 bits per heavy atom. The van der Waals surface area contributed by atoms with Gasteiger partial charge < -0.3 is 10.2 Å². The van der Waals surface area contributed by atoms with Crippen molar-refractivity contribution in [3.8, 4) is 0 Å². The van der Waals surface area contributed by atoms with Crippen LogP contribution in [0.3, 0.4) is 0 Å². The van der Waals surface area contributed by atoms with E-state index < -0.39 is 29.0 Å². The fraction of sp³-hybridized carbons (Fsp3) is 0.235. The van der Waals surface area contributed by atoms with Gasteiger partial charge in [0, 0.05) is 36.4 Å². The van der Waals surface area contributed by atoms with Crippen LogP contribution in [0.2, 0.25) is 0 Å². The lowest BCUT2D eigenvalue weighted by atomic mass is 9.79. The first kappa shape index (κ1) is 30.5. The van der Waals surface area contributed by atoms with Crippen LogP contribution < -0.4 is 15.1 Å². The molecule has 1 spiro atoms. The van der Waals surface area contributed by atoms with E-state index in [1.807, 2.05) is 0 Å². The van der Waals surface area contributed by atoms with Crippen LogP contribution in [0.25, 0.3) is 0 Å². The second-order valence-electron chi connectivity index (χ2n) is 10.7. The van der Waals surface area contributed by atoms with E-state index in [9.17, 15) is 27.6 Å². The Morgan fingerprint density at radius 2 is 1.59 bits per heavy atom. The molecular weight excluding hydrogens is 569 g/mol. The Bertz CT molecular complexity index is 1710. The highest BCUT2D eigenvalue weighted by molar-refractivity contribution is 6.27. The van der Waals surface area contributed by atoms with Crippen LogP contribution in [0.15, 0.2) is 91.3 Å². The number of hydrogen-bond donors (Lipinski definition) is 1. The number of benzene rings is 3. The average molecular weight is 601 g/mol. The minimum atomic E-state index is -4.65. The SMILES string of the molecule is CCC.CN1C(=O)C2(CCc3cc(NC(=O)c4ccncc4)ccc32)C(=O)N(c2ccccc2)c2cc(C(F)(F)F)ccc21. The summed E-state index contributed by atoms with van der Waals surface area (Å²) >= 11 is 0. The number of para-hydroxylation sites is 1. The van der Waals surface area contributed by atoms with Crippen molar-refractivity contribution < 1.29 is 27.6 Å². The van der Waals surface area contributed by atoms with Gasteiger partial charge in [0.1, 0.15) is 0 Å². The van der Waals surface area contributed by atoms with Crippen LogP contribution in [0, 0.1) is 0 Å². The molecule has 1 aliphatic heterocycles. The third-order valence-corrected chi connectivity index (χ3v) is 7.69. The maximum Gasteiger partial charge on any atom is 0.416 e. The molecule has 3 aromatic carbocycles. The predicted octanol–water partition coefficient (Wildman–Crippen LogP) is 7.29. The number of carbonyl (C=O) groups is 3. The first-order chi connectivity index (χ1) is 21.0. The number of rotatable bonds is 3. The third-order valence-electron chi connectivity index (χ3n) is 7.69. The highest BCUT2D eigenvalue weighted by Crippen LogP contribution is 2.50. The molecule has 1 aliphatic carbocycles. The van der Waals surface area contributed by atoms with Crippen molar-refractivity contribution in [3.63, 3.8) is 0 Å². The van der Waals surface area contributed by atoms with E-state index in [2.05, 4.69) is 24.1 Å². The van der Waals surface area contributed by atoms with Gasteiger partial charge in [0.15, 0.2) is 5.41 Å². The number of nitrogens with zero attached hydrogens (tertiary/aromatic N) is 3. The molecular formula is C34H31F3N4O3. The summed E-state index contributed by atoms with van der Waals surface area (Å²) in [5.74, 6) is -1.51. The minimum absolute atomic E-state index is 0.0292. The quantitative estimate of drug-likeness (QED) is 0.250. The normalized spacial score (nSPS) is 17.4. The van der Waals surface area contributed by atoms with Crippen LogP contribution in [0.1, 0.15) is 53.7 Å². The summed E-state index contributed by atoms with van der Waals surface area (Å²) < 4.78 is 41.3. The fourth-order valence-corrected chi connectivity index (χ4v) is 5.69. The summed E-state index contributed by atoms with van der Waals surface area (Å²) in [6.07, 6.45) is 0.0939. The van der Waals surface area contributed by atoms with Gasteiger partial charge in [-0.15, -0.1) is 0 Å². The predicted molar refractivity (Wildman–Crippen MR) is 163 cm³/mol. The summed E-state index contributed by atoms with van der Waals surface area (Å²) in [7, 11) is 1.47. The summed E-state index contributed by atoms with van der Waals surface area (Å²) in [6.45, 7) is 4.25. The number of alkyl halides is 3. The Balaban J connectivity index is 0.00000123. The standard InChI is InChI=1S/C31H23F3N4O3.C3H8/c1-37-25-10-7-21(31(32,33)34)18-26(25)38(23-5-3-2-4-6-23)29(41)30(28(37)40)14-11-20-17-22(8-9-24(20)30)36-27(39)19-12-15-35-16-13-19;1-3-2/h2-10,12-13,15-18H,11,14H2,1H3,(H,36,39);3H2,1-2H3. The molecule has 0 saturated carbocycles. The molecule has 44 heavy (non-hydrogen) atoms. The van der Waals surface area contributed by atoms with Gasteiger partial charge in [-0.2, -0.15) is 13.2 Å². The van der Waals surface area contributed by atoms with Crippen molar-refractivity contribution >= 4 is 40.5 Å². The molecule has 4 aromatic rings. The van der Waals surface area contributed by atoms with Gasteiger partial charge in [-0.25, -0.2) is 0 Å². The number of aryl methyl sites for hydroxylation is 1. The van der Waals surface area contributed by atoms with Crippen LogP contribution in [0.4, 0.5) is 35.9 Å². The zero-order valence-corrected chi connectivity index (χ0v) is 24.5. The Labute approximate surface area is 253 Å². The van der Waals surface area contributed by atoms with Crippen LogP contribution in [-0.4, -0.2) is 29.8 Å². The number of hydrogen-bond acceptors (Lipinski definition) is 4. The highest BCUT2D eigenvalue weighted by atomic mass is 19.4. The molecule has 226 valence electrons. The number of pyridine rings is 1. The number of aromatic nitrogens is 1. The van der Waals surface area contributed by atoms with Crippen molar-refractivity contribution in [2.75, 3.05) is 22.2 Å². The summed E-state index contributed by atoms with van der Waals surface area (Å²) in [5, 5.41) is 2.83. The van der Waals surface area contributed by atoms with Gasteiger partial charge in [-0.3, -0.25) is 24.3 Å². The fourth-order valence-electron chi connectivity index (χ4n) is 5.69. The summed E-state index contributed by atoms with van der Waals surface area (Å²) in [5.41, 5.74) is -0.0349. The number of carbonyl (C=O) groups excluding carboxylic acids is 3. The van der Waals surface area contributed by atoms with Crippen molar-refractivity contribution in [2.24, 2.45) is 0 Å². The largest absolute Gasteiger partial charge is 0.416 e. The van der Waals surface area contributed by atoms with Crippen LogP contribution >= 0.6 is 0 Å². The van der Waals surface area contributed by atoms with Gasteiger partial charge in [-0.1, -0.05) is 44.5 Å². The monoisotopic (exact) mass is 600 g/mol. The summed E-state index contributed by atoms with van der Waals surface area (Å²) in [6, 6.07) is 19.6. The molecule has 0 fully saturated rings. The number of amides is 3. The second kappa shape index (κ2) is 11.9. The molecule has 0 bridgehead atoms. The Hall–Kier alpha value is -4.99. The topological polar surface area (TPSA) is 82.6 Å². The van der Waals surface area contributed by atoms with E-state index in [4.69, 9.17) is 0 Å². The molecule has 2 heterocycles. The molecule has 1 aromatic heterocycles. The molecule has 7 nitrogen and oxygen atoms in total. The van der Waals surface area contributed by atoms with Gasteiger partial charge in [0.05, 0.1) is 16.9 Å². The Morgan fingerprint density at radius 1 is 0.909 bits per heavy atom. The first-order valence-corrected chi connectivity index (χ1v) is 14.3. The van der Waals surface area contributed by atoms with Crippen molar-refractivity contribution in [1.82, 2.24) is 4.98 Å². The zero-order valence-electron chi connectivity index (χ0n) is 24.5. The van der Waals surface area contributed by atoms with E-state index >= 15 is 0 Å². The molecule has 1 N–H and O–H groups in total. The van der Waals surface area contributed by atoms with Crippen LogP contribution in [0.5, 0.6) is 0 Å². The molecule has 0 saturated heterocycles. The first-order valence-electron chi connectivity index (χ1n) is 14.3. The Kier molecular flexibility index (Phi) is 8.27. The average Bonchev–Trinajstić information content (AvgIpc) is 3.38. The smallest absolute Gasteiger partial charge is 0.322 e. The number of nitrogens with one attached hydrogen (secondary N) is 1. The van der Waals surface area contributed by atoms with E-state index in [1.54, 1.807) is 60.7 Å². The molecule has 1 atom stereocenters. The number of halogens is 3. The van der Waals surface area contributed by atoms with Gasteiger partial charge in [0.2, 0.25) is 5.91 Å². The van der Waals surface area contributed by atoms with E-state index in [-0.39, 0.29) is 23.7 Å². The molecule has 10 heteroatoms. The number of likely N-dealkylation sites (N-methyl/N-ethyl adjacent to an activating group) is 1. The third kappa shape index (κ3) is 5.32. The van der Waals surface area contributed by atoms with Gasteiger partial charge in [0.25, 0.3) is 11.8 Å². The van der Waals surface area contributed by atoms with Crippen molar-refractivity contribution in [2.45, 2.75) is 44.7 Å². The minimum Gasteiger partial charge on any atom is -0.322 e. The number of anilines is 4.